The van der Waals surface area contributed by atoms with Gasteiger partial charge in [0.05, 0.1) is 0 Å². The van der Waals surface area contributed by atoms with Crippen molar-refractivity contribution in [1.82, 2.24) is 10.2 Å². The highest BCUT2D eigenvalue weighted by molar-refractivity contribution is 5.85. The molecule has 1 aliphatic carbocycles. The predicted octanol–water partition coefficient (Wildman–Crippen LogP) is 2.84. The number of rotatable bonds is 4. The van der Waals surface area contributed by atoms with Crippen molar-refractivity contribution >= 4 is 18.3 Å². The van der Waals surface area contributed by atoms with Crippen molar-refractivity contribution in [3.8, 4) is 0 Å². The summed E-state index contributed by atoms with van der Waals surface area (Å²) in [6.45, 7) is 4.50. The first-order chi connectivity index (χ1) is 8.68. The molecule has 0 aromatic carbocycles. The Labute approximate surface area is 123 Å². The molecule has 1 saturated carbocycles. The van der Waals surface area contributed by atoms with Crippen molar-refractivity contribution in [1.29, 1.82) is 0 Å². The van der Waals surface area contributed by atoms with Gasteiger partial charge in [0, 0.05) is 19.5 Å². The average molecular weight is 289 g/mol. The normalized spacial score (nSPS) is 25.7. The Morgan fingerprint density at radius 2 is 1.95 bits per heavy atom. The molecule has 3 nitrogen and oxygen atoms in total. The Bertz CT molecular complexity index is 273. The molecule has 1 saturated heterocycles. The highest BCUT2D eigenvalue weighted by Gasteiger charge is 2.27. The van der Waals surface area contributed by atoms with E-state index in [1.54, 1.807) is 0 Å². The van der Waals surface area contributed by atoms with E-state index < -0.39 is 0 Å². The zero-order valence-corrected chi connectivity index (χ0v) is 13.2. The Kier molecular flexibility index (Phi) is 7.16. The molecule has 1 aliphatic heterocycles. The van der Waals surface area contributed by atoms with Gasteiger partial charge in [-0.2, -0.15) is 0 Å². The van der Waals surface area contributed by atoms with E-state index in [1.807, 2.05) is 11.9 Å². The van der Waals surface area contributed by atoms with E-state index in [4.69, 9.17) is 0 Å². The van der Waals surface area contributed by atoms with Gasteiger partial charge in [-0.1, -0.05) is 19.8 Å². The highest BCUT2D eigenvalue weighted by Crippen LogP contribution is 2.26. The standard InChI is InChI=1S/C15H28N2O.ClH/c1-12(13-6-5-9-16-11-13)10-15(18)17(2)14-7-3-4-8-14;/h12-14,16H,3-11H2,1-2H3;1H. The minimum atomic E-state index is 0. The molecule has 112 valence electrons. The van der Waals surface area contributed by atoms with Crippen LogP contribution >= 0.6 is 12.4 Å². The maximum Gasteiger partial charge on any atom is 0.222 e. The lowest BCUT2D eigenvalue weighted by atomic mass is 9.85. The fourth-order valence-electron chi connectivity index (χ4n) is 3.45. The molecule has 0 aromatic heterocycles. The molecule has 2 rings (SSSR count). The fraction of sp³-hybridized carbons (Fsp3) is 0.933. The van der Waals surface area contributed by atoms with Gasteiger partial charge in [-0.15, -0.1) is 12.4 Å². The number of carbonyl (C=O) groups excluding carboxylic acids is 1. The van der Waals surface area contributed by atoms with Gasteiger partial charge < -0.3 is 10.2 Å². The number of hydrogen-bond acceptors (Lipinski definition) is 2. The summed E-state index contributed by atoms with van der Waals surface area (Å²) in [6, 6.07) is 0.522. The maximum atomic E-state index is 12.3. The van der Waals surface area contributed by atoms with E-state index in [-0.39, 0.29) is 12.4 Å². The van der Waals surface area contributed by atoms with E-state index in [1.165, 1.54) is 38.5 Å². The number of piperidine rings is 1. The largest absolute Gasteiger partial charge is 0.343 e. The molecule has 0 radical (unpaired) electrons. The van der Waals surface area contributed by atoms with Crippen LogP contribution in [0.1, 0.15) is 51.9 Å². The van der Waals surface area contributed by atoms with Crippen LogP contribution in [0.5, 0.6) is 0 Å². The molecule has 4 heteroatoms. The molecule has 0 bridgehead atoms. The number of amides is 1. The van der Waals surface area contributed by atoms with Crippen molar-refractivity contribution < 1.29 is 4.79 Å². The summed E-state index contributed by atoms with van der Waals surface area (Å²) >= 11 is 0. The summed E-state index contributed by atoms with van der Waals surface area (Å²) in [4.78, 5) is 14.3. The minimum absolute atomic E-state index is 0. The first-order valence-electron chi connectivity index (χ1n) is 7.65. The Balaban J connectivity index is 0.00000180. The first kappa shape index (κ1) is 16.8. The maximum absolute atomic E-state index is 12.3. The van der Waals surface area contributed by atoms with Gasteiger partial charge in [-0.05, 0) is 50.6 Å². The summed E-state index contributed by atoms with van der Waals surface area (Å²) in [5.41, 5.74) is 0. The molecule has 1 amide bonds. The fourth-order valence-corrected chi connectivity index (χ4v) is 3.45. The van der Waals surface area contributed by atoms with Crippen molar-refractivity contribution in [3.63, 3.8) is 0 Å². The van der Waals surface area contributed by atoms with Crippen LogP contribution in [-0.4, -0.2) is 37.0 Å². The van der Waals surface area contributed by atoms with Gasteiger partial charge in [-0.3, -0.25) is 4.79 Å². The van der Waals surface area contributed by atoms with Crippen LogP contribution in [0, 0.1) is 11.8 Å². The van der Waals surface area contributed by atoms with Crippen molar-refractivity contribution in [2.45, 2.75) is 57.9 Å². The van der Waals surface area contributed by atoms with Crippen molar-refractivity contribution in [2.75, 3.05) is 20.1 Å². The van der Waals surface area contributed by atoms with Gasteiger partial charge in [0.2, 0.25) is 5.91 Å². The van der Waals surface area contributed by atoms with Crippen LogP contribution in [0.15, 0.2) is 0 Å². The lowest BCUT2D eigenvalue weighted by Gasteiger charge is -2.30. The van der Waals surface area contributed by atoms with E-state index in [0.29, 0.717) is 23.8 Å². The van der Waals surface area contributed by atoms with Crippen LogP contribution in [-0.2, 0) is 4.79 Å². The molecule has 1 heterocycles. The van der Waals surface area contributed by atoms with E-state index in [9.17, 15) is 4.79 Å². The molecule has 0 spiro atoms. The van der Waals surface area contributed by atoms with Crippen LogP contribution in [0.3, 0.4) is 0 Å². The molecule has 2 aliphatic rings. The third-order valence-corrected chi connectivity index (χ3v) is 4.90. The lowest BCUT2D eigenvalue weighted by Crippen LogP contribution is -2.39. The zero-order chi connectivity index (χ0) is 13.0. The molecule has 0 aromatic rings. The number of halogens is 1. The van der Waals surface area contributed by atoms with Crippen LogP contribution in [0.2, 0.25) is 0 Å². The second kappa shape index (κ2) is 8.11. The Morgan fingerprint density at radius 1 is 1.26 bits per heavy atom. The molecule has 1 N–H and O–H groups in total. The minimum Gasteiger partial charge on any atom is -0.343 e. The third-order valence-electron chi connectivity index (χ3n) is 4.90. The van der Waals surface area contributed by atoms with Gasteiger partial charge >= 0.3 is 0 Å². The van der Waals surface area contributed by atoms with Crippen LogP contribution in [0.4, 0.5) is 0 Å². The monoisotopic (exact) mass is 288 g/mol. The second-order valence-corrected chi connectivity index (χ2v) is 6.23. The SMILES string of the molecule is CC(CC(=O)N(C)C1CCCC1)C1CCCNC1.Cl. The highest BCUT2D eigenvalue weighted by atomic mass is 35.5. The molecule has 2 atom stereocenters. The summed E-state index contributed by atoms with van der Waals surface area (Å²) in [6.07, 6.45) is 8.30. The van der Waals surface area contributed by atoms with Crippen LogP contribution < -0.4 is 5.32 Å². The van der Waals surface area contributed by atoms with Gasteiger partial charge in [0.1, 0.15) is 0 Å². The molecular weight excluding hydrogens is 260 g/mol. The van der Waals surface area contributed by atoms with Gasteiger partial charge in [0.25, 0.3) is 0 Å². The molecular formula is C15H29ClN2O. The Hall–Kier alpha value is -0.280. The summed E-state index contributed by atoms with van der Waals surface area (Å²) in [5.74, 6) is 1.58. The summed E-state index contributed by atoms with van der Waals surface area (Å²) in [5, 5.41) is 3.45. The number of nitrogens with zero attached hydrogens (tertiary/aromatic N) is 1. The number of carbonyl (C=O) groups is 1. The molecule has 2 fully saturated rings. The van der Waals surface area contributed by atoms with Gasteiger partial charge in [0.15, 0.2) is 0 Å². The second-order valence-electron chi connectivity index (χ2n) is 6.23. The van der Waals surface area contributed by atoms with Crippen molar-refractivity contribution in [3.05, 3.63) is 0 Å². The van der Waals surface area contributed by atoms with Crippen molar-refractivity contribution in [2.24, 2.45) is 11.8 Å². The first-order valence-corrected chi connectivity index (χ1v) is 7.65. The summed E-state index contributed by atoms with van der Waals surface area (Å²) < 4.78 is 0. The van der Waals surface area contributed by atoms with Crippen LogP contribution in [0.25, 0.3) is 0 Å². The number of hydrogen-bond donors (Lipinski definition) is 1. The zero-order valence-electron chi connectivity index (χ0n) is 12.4. The number of nitrogens with one attached hydrogen (secondary N) is 1. The topological polar surface area (TPSA) is 32.3 Å². The third kappa shape index (κ3) is 4.64. The predicted molar refractivity (Wildman–Crippen MR) is 81.6 cm³/mol. The van der Waals surface area contributed by atoms with E-state index in [2.05, 4.69) is 12.2 Å². The smallest absolute Gasteiger partial charge is 0.222 e. The molecule has 2 unspecified atom stereocenters. The lowest BCUT2D eigenvalue weighted by molar-refractivity contribution is -0.133. The Morgan fingerprint density at radius 3 is 2.53 bits per heavy atom. The molecule has 19 heavy (non-hydrogen) atoms. The average Bonchev–Trinajstić information content (AvgIpc) is 2.92. The van der Waals surface area contributed by atoms with Gasteiger partial charge in [-0.25, -0.2) is 0 Å². The van der Waals surface area contributed by atoms with E-state index in [0.717, 1.165) is 19.5 Å². The summed E-state index contributed by atoms with van der Waals surface area (Å²) in [7, 11) is 2.00. The quantitative estimate of drug-likeness (QED) is 0.863. The van der Waals surface area contributed by atoms with E-state index >= 15 is 0 Å².